The molecule has 228 valence electrons. The smallest absolute Gasteiger partial charge is 0.412 e. The number of methoxy groups -OCH3 is 1. The number of nitrogens with one attached hydrogen (secondary N) is 2. The predicted molar refractivity (Wildman–Crippen MR) is 158 cm³/mol. The quantitative estimate of drug-likeness (QED) is 0.384. The molecular weight excluding hydrogens is 558 g/mol. The van der Waals surface area contributed by atoms with Crippen LogP contribution < -0.4 is 25.2 Å². The van der Waals surface area contributed by atoms with Crippen LogP contribution in [0.4, 0.5) is 25.0 Å². The molecule has 2 aromatic rings. The molecule has 0 bridgehead atoms. The first-order valence-corrected chi connectivity index (χ1v) is 14.4. The van der Waals surface area contributed by atoms with Gasteiger partial charge in [0, 0.05) is 61.7 Å². The summed E-state index contributed by atoms with van der Waals surface area (Å²) in [5, 5.41) is 5.56. The number of piperidine rings is 1. The molecule has 1 unspecified atom stereocenters. The lowest BCUT2D eigenvalue weighted by atomic mass is 9.83. The highest BCUT2D eigenvalue weighted by atomic mass is 19.1. The lowest BCUT2D eigenvalue weighted by molar-refractivity contribution is -0.123. The maximum Gasteiger partial charge on any atom is 0.412 e. The first-order valence-electron chi connectivity index (χ1n) is 14.4. The summed E-state index contributed by atoms with van der Waals surface area (Å²) in [4.78, 5) is 40.8. The standard InChI is InChI=1S/C32H36F2N4O5/c1-19(10-13-29(39)37(2)22-8-5-9-24(14-22)42-3)43-32(41)35-21-17-38(18-21)23-15-26(33)30(27(34)16-23)25-11-12-28(36-31(25)40)20-6-4-7-20/h5,8-9,14-16,21,25H,1,4,6-7,10-13,17-18H2,2-3H3,(H,35,41)(H,36,40). The molecule has 3 aliphatic rings. The van der Waals surface area contributed by atoms with Gasteiger partial charge in [-0.15, -0.1) is 0 Å². The molecule has 5 rings (SSSR count). The molecule has 11 heteroatoms. The monoisotopic (exact) mass is 594 g/mol. The van der Waals surface area contributed by atoms with E-state index in [4.69, 9.17) is 9.47 Å². The zero-order valence-corrected chi connectivity index (χ0v) is 24.4. The van der Waals surface area contributed by atoms with E-state index in [1.54, 1.807) is 43.3 Å². The van der Waals surface area contributed by atoms with Crippen LogP contribution in [0.15, 0.2) is 60.0 Å². The number of anilines is 2. The Morgan fingerprint density at radius 3 is 2.47 bits per heavy atom. The van der Waals surface area contributed by atoms with Gasteiger partial charge in [-0.05, 0) is 56.4 Å². The minimum atomic E-state index is -0.871. The number of hydrogen-bond donors (Lipinski definition) is 2. The van der Waals surface area contributed by atoms with Crippen LogP contribution in [0.5, 0.6) is 5.75 Å². The van der Waals surface area contributed by atoms with E-state index in [2.05, 4.69) is 17.2 Å². The van der Waals surface area contributed by atoms with E-state index in [0.29, 0.717) is 43.1 Å². The zero-order valence-electron chi connectivity index (χ0n) is 24.4. The number of nitrogens with zero attached hydrogens (tertiary/aromatic N) is 2. The van der Waals surface area contributed by atoms with Crippen molar-refractivity contribution in [2.45, 2.75) is 56.9 Å². The Bertz CT molecular complexity index is 1440. The van der Waals surface area contributed by atoms with Crippen molar-refractivity contribution in [3.05, 3.63) is 77.2 Å². The van der Waals surface area contributed by atoms with Gasteiger partial charge in [0.1, 0.15) is 23.1 Å². The average molecular weight is 595 g/mol. The molecule has 2 aromatic carbocycles. The number of halogens is 2. The van der Waals surface area contributed by atoms with Crippen molar-refractivity contribution in [3.63, 3.8) is 0 Å². The van der Waals surface area contributed by atoms with Gasteiger partial charge in [0.25, 0.3) is 0 Å². The van der Waals surface area contributed by atoms with Crippen molar-refractivity contribution in [2.24, 2.45) is 0 Å². The molecule has 2 N–H and O–H groups in total. The number of ether oxygens (including phenoxy) is 2. The number of rotatable bonds is 9. The normalized spacial score (nSPS) is 18.3. The fourth-order valence-corrected chi connectivity index (χ4v) is 5.54. The summed E-state index contributed by atoms with van der Waals surface area (Å²) in [7, 11) is 3.20. The second-order valence-corrected chi connectivity index (χ2v) is 11.2. The largest absolute Gasteiger partial charge is 0.497 e. The van der Waals surface area contributed by atoms with Gasteiger partial charge in [-0.1, -0.05) is 18.2 Å². The van der Waals surface area contributed by atoms with Crippen LogP contribution in [0.2, 0.25) is 0 Å². The lowest BCUT2D eigenvalue weighted by Gasteiger charge is -2.41. The van der Waals surface area contributed by atoms with E-state index in [1.165, 1.54) is 22.6 Å². The van der Waals surface area contributed by atoms with Crippen molar-refractivity contribution < 1.29 is 32.6 Å². The van der Waals surface area contributed by atoms with Gasteiger partial charge in [-0.25, -0.2) is 13.6 Å². The van der Waals surface area contributed by atoms with Crippen molar-refractivity contribution in [1.29, 1.82) is 0 Å². The van der Waals surface area contributed by atoms with E-state index >= 15 is 8.78 Å². The molecule has 1 saturated carbocycles. The maximum absolute atomic E-state index is 15.1. The summed E-state index contributed by atoms with van der Waals surface area (Å²) in [6.45, 7) is 4.38. The van der Waals surface area contributed by atoms with Gasteiger partial charge in [0.05, 0.1) is 19.1 Å². The van der Waals surface area contributed by atoms with Gasteiger partial charge in [0.15, 0.2) is 0 Å². The molecule has 2 saturated heterocycles. The van der Waals surface area contributed by atoms with E-state index in [-0.39, 0.29) is 42.0 Å². The molecule has 0 radical (unpaired) electrons. The van der Waals surface area contributed by atoms with Gasteiger partial charge < -0.3 is 29.9 Å². The van der Waals surface area contributed by atoms with E-state index in [9.17, 15) is 14.4 Å². The Kier molecular flexibility index (Phi) is 8.98. The van der Waals surface area contributed by atoms with Crippen LogP contribution in [-0.2, 0) is 14.3 Å². The first kappa shape index (κ1) is 30.1. The summed E-state index contributed by atoms with van der Waals surface area (Å²) in [6, 6.07) is 9.28. The molecule has 0 aromatic heterocycles. The van der Waals surface area contributed by atoms with Gasteiger partial charge in [-0.2, -0.15) is 0 Å². The molecule has 1 atom stereocenters. The number of alkyl carbamates (subject to hydrolysis) is 1. The summed E-state index contributed by atoms with van der Waals surface area (Å²) in [6.07, 6.45) is 3.56. The SMILES string of the molecule is C=C(CCC(=O)N(C)c1cccc(OC)c1)OC(=O)NC1CN(c2cc(F)c(C3CCC(=C4CCC4)NC3=O)c(F)c2)C1. The summed E-state index contributed by atoms with van der Waals surface area (Å²) in [5.74, 6) is -2.16. The highest BCUT2D eigenvalue weighted by Gasteiger charge is 2.35. The summed E-state index contributed by atoms with van der Waals surface area (Å²) < 4.78 is 40.6. The van der Waals surface area contributed by atoms with Crippen LogP contribution >= 0.6 is 0 Å². The van der Waals surface area contributed by atoms with Crippen LogP contribution in [0.3, 0.4) is 0 Å². The maximum atomic E-state index is 15.1. The summed E-state index contributed by atoms with van der Waals surface area (Å²) >= 11 is 0. The molecule has 2 aliphatic heterocycles. The number of hydrogen-bond acceptors (Lipinski definition) is 6. The highest BCUT2D eigenvalue weighted by molar-refractivity contribution is 5.93. The molecule has 1 aliphatic carbocycles. The van der Waals surface area contributed by atoms with Crippen LogP contribution in [-0.4, -0.2) is 51.2 Å². The number of carbonyl (C=O) groups excluding carboxylic acids is 3. The topological polar surface area (TPSA) is 100 Å². The Morgan fingerprint density at radius 2 is 1.84 bits per heavy atom. The molecule has 0 spiro atoms. The van der Waals surface area contributed by atoms with E-state index in [1.807, 2.05) is 0 Å². The van der Waals surface area contributed by atoms with Crippen LogP contribution in [0, 0.1) is 11.6 Å². The van der Waals surface area contributed by atoms with Crippen LogP contribution in [0.25, 0.3) is 0 Å². The molecule has 9 nitrogen and oxygen atoms in total. The van der Waals surface area contributed by atoms with Crippen molar-refractivity contribution in [3.8, 4) is 5.75 Å². The van der Waals surface area contributed by atoms with Gasteiger partial charge in [0.2, 0.25) is 11.8 Å². The van der Waals surface area contributed by atoms with E-state index in [0.717, 1.165) is 25.0 Å². The van der Waals surface area contributed by atoms with Crippen LogP contribution in [0.1, 0.15) is 56.4 Å². The van der Waals surface area contributed by atoms with Crippen molar-refractivity contribution in [1.82, 2.24) is 10.6 Å². The zero-order chi connectivity index (χ0) is 30.7. The molecule has 2 heterocycles. The summed E-state index contributed by atoms with van der Waals surface area (Å²) in [5.41, 5.74) is 2.95. The van der Waals surface area contributed by atoms with Gasteiger partial charge in [-0.3, -0.25) is 9.59 Å². The van der Waals surface area contributed by atoms with Crippen molar-refractivity contribution >= 4 is 29.3 Å². The molecule has 3 fully saturated rings. The predicted octanol–water partition coefficient (Wildman–Crippen LogP) is 5.28. The Hall–Kier alpha value is -4.41. The molecule has 3 amide bonds. The fourth-order valence-electron chi connectivity index (χ4n) is 5.54. The minimum Gasteiger partial charge on any atom is -0.497 e. The van der Waals surface area contributed by atoms with E-state index < -0.39 is 23.6 Å². The number of amides is 3. The van der Waals surface area contributed by atoms with Gasteiger partial charge >= 0.3 is 6.09 Å². The lowest BCUT2D eigenvalue weighted by Crippen LogP contribution is -2.59. The Balaban J connectivity index is 1.06. The average Bonchev–Trinajstić information content (AvgIpc) is 2.92. The Morgan fingerprint density at radius 1 is 1.12 bits per heavy atom. The highest BCUT2D eigenvalue weighted by Crippen LogP contribution is 2.37. The Labute approximate surface area is 249 Å². The number of allylic oxidation sites excluding steroid dienone is 3. The van der Waals surface area contributed by atoms with Crippen molar-refractivity contribution in [2.75, 3.05) is 37.0 Å². The molecular formula is C32H36F2N4O5. The third kappa shape index (κ3) is 6.81. The third-order valence-electron chi connectivity index (χ3n) is 8.31. The number of benzene rings is 2. The number of carbonyl (C=O) groups is 3. The second-order valence-electron chi connectivity index (χ2n) is 11.2. The molecule has 43 heavy (non-hydrogen) atoms. The first-order chi connectivity index (χ1) is 20.6. The fraction of sp³-hybridized carbons (Fsp3) is 0.406. The third-order valence-corrected chi connectivity index (χ3v) is 8.31. The minimum absolute atomic E-state index is 0.0889. The second kappa shape index (κ2) is 12.8.